The van der Waals surface area contributed by atoms with E-state index in [1.165, 1.54) is 23.1 Å². The van der Waals surface area contributed by atoms with Crippen molar-refractivity contribution in [2.75, 3.05) is 10.6 Å². The molecule has 2 amide bonds. The molecule has 0 radical (unpaired) electrons. The summed E-state index contributed by atoms with van der Waals surface area (Å²) in [6.07, 6.45) is 0. The van der Waals surface area contributed by atoms with Gasteiger partial charge in [-0.25, -0.2) is 0 Å². The van der Waals surface area contributed by atoms with E-state index in [-0.39, 0.29) is 17.1 Å². The van der Waals surface area contributed by atoms with Crippen LogP contribution in [0.15, 0.2) is 71.6 Å². The van der Waals surface area contributed by atoms with Crippen LogP contribution in [0.1, 0.15) is 22.3 Å². The van der Waals surface area contributed by atoms with Gasteiger partial charge in [0.25, 0.3) is 5.91 Å². The number of aromatic nitrogens is 2. The van der Waals surface area contributed by atoms with Crippen molar-refractivity contribution in [2.24, 2.45) is 0 Å². The minimum Gasteiger partial charge on any atom is -0.322 e. The molecule has 156 valence electrons. The van der Waals surface area contributed by atoms with Gasteiger partial charge in [-0.2, -0.15) is 0 Å². The van der Waals surface area contributed by atoms with Gasteiger partial charge >= 0.3 is 0 Å². The monoisotopic (exact) mass is 448 g/mol. The minimum absolute atomic E-state index is 0.130. The highest BCUT2D eigenvalue weighted by molar-refractivity contribution is 8.00. The number of carbonyl (C=O) groups is 2. The van der Waals surface area contributed by atoms with Gasteiger partial charge in [-0.05, 0) is 61.0 Å². The fourth-order valence-corrected chi connectivity index (χ4v) is 4.42. The third-order valence-electron chi connectivity index (χ3n) is 4.56. The zero-order valence-electron chi connectivity index (χ0n) is 17.0. The second-order valence-electron chi connectivity index (χ2n) is 6.92. The topological polar surface area (TPSA) is 84.0 Å². The molecule has 0 aliphatic carbocycles. The quantitative estimate of drug-likeness (QED) is 0.387. The first kappa shape index (κ1) is 21.0. The van der Waals surface area contributed by atoms with E-state index in [4.69, 9.17) is 0 Å². The van der Waals surface area contributed by atoms with Crippen molar-refractivity contribution < 1.29 is 9.59 Å². The molecule has 4 rings (SSSR count). The zero-order chi connectivity index (χ0) is 21.8. The van der Waals surface area contributed by atoms with Crippen LogP contribution in [0.25, 0.3) is 10.8 Å². The lowest BCUT2D eigenvalue weighted by atomic mass is 10.1. The number of amides is 2. The first-order valence-electron chi connectivity index (χ1n) is 9.66. The molecule has 0 bridgehead atoms. The summed E-state index contributed by atoms with van der Waals surface area (Å²) in [5, 5.41) is 16.6. The predicted octanol–water partition coefficient (Wildman–Crippen LogP) is 5.37. The van der Waals surface area contributed by atoms with Gasteiger partial charge in [0.15, 0.2) is 0 Å². The number of hydrogen-bond acceptors (Lipinski definition) is 6. The highest BCUT2D eigenvalue weighted by Gasteiger charge is 2.16. The molecule has 6 nitrogen and oxygen atoms in total. The molecule has 31 heavy (non-hydrogen) atoms. The van der Waals surface area contributed by atoms with Gasteiger partial charge in [-0.3, -0.25) is 14.9 Å². The molecule has 2 N–H and O–H groups in total. The molecule has 0 fully saturated rings. The maximum atomic E-state index is 12.6. The molecule has 0 aliphatic heterocycles. The SMILES string of the molecule is Cc1nnc(NC(=O)C(C)Sc2ccc(NC(=O)c3ccc4ccccc4c3)cc2)s1. The summed E-state index contributed by atoms with van der Waals surface area (Å²) < 4.78 is 0. The van der Waals surface area contributed by atoms with Gasteiger partial charge in [-0.15, -0.1) is 22.0 Å². The Morgan fingerprint density at radius 1 is 0.935 bits per heavy atom. The highest BCUT2D eigenvalue weighted by atomic mass is 32.2. The third-order valence-corrected chi connectivity index (χ3v) is 6.43. The van der Waals surface area contributed by atoms with Crippen LogP contribution in [-0.2, 0) is 4.79 Å². The van der Waals surface area contributed by atoms with Crippen LogP contribution < -0.4 is 10.6 Å². The summed E-state index contributed by atoms with van der Waals surface area (Å²) in [4.78, 5) is 25.9. The van der Waals surface area contributed by atoms with Crippen LogP contribution in [0, 0.1) is 6.92 Å². The number of nitrogens with zero attached hydrogens (tertiary/aromatic N) is 2. The molecule has 1 heterocycles. The van der Waals surface area contributed by atoms with Crippen molar-refractivity contribution in [3.05, 3.63) is 77.3 Å². The Balaban J connectivity index is 1.35. The number of thioether (sulfide) groups is 1. The number of fused-ring (bicyclic) bond motifs is 1. The minimum atomic E-state index is -0.303. The molecular weight excluding hydrogens is 428 g/mol. The van der Waals surface area contributed by atoms with Crippen LogP contribution in [0.2, 0.25) is 0 Å². The Morgan fingerprint density at radius 2 is 1.68 bits per heavy atom. The molecule has 8 heteroatoms. The first-order chi connectivity index (χ1) is 15.0. The van der Waals surface area contributed by atoms with E-state index in [1.807, 2.05) is 80.6 Å². The largest absolute Gasteiger partial charge is 0.322 e. The number of carbonyl (C=O) groups excluding carboxylic acids is 2. The number of aryl methyl sites for hydroxylation is 1. The highest BCUT2D eigenvalue weighted by Crippen LogP contribution is 2.26. The summed E-state index contributed by atoms with van der Waals surface area (Å²) in [6, 6.07) is 21.0. The number of anilines is 2. The Bertz CT molecular complexity index is 1240. The summed E-state index contributed by atoms with van der Waals surface area (Å²) in [5.74, 6) is -0.291. The summed E-state index contributed by atoms with van der Waals surface area (Å²) in [5.41, 5.74) is 1.30. The average Bonchev–Trinajstić information content (AvgIpc) is 3.19. The third kappa shape index (κ3) is 5.28. The molecule has 0 saturated carbocycles. The van der Waals surface area contributed by atoms with Crippen molar-refractivity contribution in [2.45, 2.75) is 24.0 Å². The fourth-order valence-electron chi connectivity index (χ4n) is 2.96. The summed E-state index contributed by atoms with van der Waals surface area (Å²) in [7, 11) is 0. The standard InChI is InChI=1S/C23H20N4O2S2/c1-14(21(28)25-23-27-26-15(2)31-23)30-20-11-9-19(10-12-20)24-22(29)18-8-7-16-5-3-4-6-17(16)13-18/h3-14H,1-2H3,(H,24,29)(H,25,27,28). The summed E-state index contributed by atoms with van der Waals surface area (Å²) >= 11 is 2.78. The lowest BCUT2D eigenvalue weighted by Crippen LogP contribution is -2.22. The molecule has 1 aromatic heterocycles. The summed E-state index contributed by atoms with van der Waals surface area (Å²) in [6.45, 7) is 3.68. The normalized spacial score (nSPS) is 11.8. The van der Waals surface area contributed by atoms with Gasteiger partial charge in [0, 0.05) is 16.1 Å². The van der Waals surface area contributed by atoms with Crippen molar-refractivity contribution in [3.8, 4) is 0 Å². The van der Waals surface area contributed by atoms with Gasteiger partial charge in [0.2, 0.25) is 11.0 Å². The van der Waals surface area contributed by atoms with Crippen molar-refractivity contribution in [3.63, 3.8) is 0 Å². The molecule has 1 unspecified atom stereocenters. The molecular formula is C23H20N4O2S2. The number of benzene rings is 3. The molecule has 3 aromatic carbocycles. The second kappa shape index (κ2) is 9.28. The zero-order valence-corrected chi connectivity index (χ0v) is 18.6. The molecule has 0 saturated heterocycles. The molecule has 4 aromatic rings. The van der Waals surface area contributed by atoms with E-state index in [2.05, 4.69) is 20.8 Å². The van der Waals surface area contributed by atoms with Crippen LogP contribution in [0.3, 0.4) is 0 Å². The van der Waals surface area contributed by atoms with Crippen LogP contribution in [0.4, 0.5) is 10.8 Å². The van der Waals surface area contributed by atoms with E-state index >= 15 is 0 Å². The Kier molecular flexibility index (Phi) is 6.29. The smallest absolute Gasteiger partial charge is 0.255 e. The Hall–Kier alpha value is -3.23. The maximum Gasteiger partial charge on any atom is 0.255 e. The van der Waals surface area contributed by atoms with Gasteiger partial charge in [0.05, 0.1) is 5.25 Å². The van der Waals surface area contributed by atoms with Crippen LogP contribution in [0.5, 0.6) is 0 Å². The maximum absolute atomic E-state index is 12.6. The van der Waals surface area contributed by atoms with E-state index in [1.54, 1.807) is 0 Å². The molecule has 0 aliphatic rings. The fraction of sp³-hybridized carbons (Fsp3) is 0.130. The first-order valence-corrected chi connectivity index (χ1v) is 11.4. The Labute approximate surface area is 188 Å². The van der Waals surface area contributed by atoms with Crippen LogP contribution in [-0.4, -0.2) is 27.3 Å². The van der Waals surface area contributed by atoms with E-state index in [0.29, 0.717) is 16.4 Å². The van der Waals surface area contributed by atoms with Crippen molar-refractivity contribution in [1.82, 2.24) is 10.2 Å². The van der Waals surface area contributed by atoms with E-state index in [0.717, 1.165) is 20.7 Å². The number of nitrogens with one attached hydrogen (secondary N) is 2. The predicted molar refractivity (Wildman–Crippen MR) is 127 cm³/mol. The van der Waals surface area contributed by atoms with E-state index in [9.17, 15) is 9.59 Å². The number of rotatable bonds is 6. The van der Waals surface area contributed by atoms with E-state index < -0.39 is 0 Å². The average molecular weight is 449 g/mol. The van der Waals surface area contributed by atoms with Gasteiger partial charge in [0.1, 0.15) is 5.01 Å². The number of hydrogen-bond donors (Lipinski definition) is 2. The van der Waals surface area contributed by atoms with Crippen LogP contribution >= 0.6 is 23.1 Å². The Morgan fingerprint density at radius 3 is 2.39 bits per heavy atom. The van der Waals surface area contributed by atoms with Gasteiger partial charge in [-0.1, -0.05) is 41.7 Å². The van der Waals surface area contributed by atoms with Crippen molar-refractivity contribution in [1.29, 1.82) is 0 Å². The van der Waals surface area contributed by atoms with Gasteiger partial charge < -0.3 is 5.32 Å². The molecule has 1 atom stereocenters. The lowest BCUT2D eigenvalue weighted by Gasteiger charge is -2.11. The lowest BCUT2D eigenvalue weighted by molar-refractivity contribution is -0.115. The molecule has 0 spiro atoms. The van der Waals surface area contributed by atoms with Crippen molar-refractivity contribution >= 4 is 56.5 Å². The second-order valence-corrected chi connectivity index (χ2v) is 9.51.